The van der Waals surface area contributed by atoms with Crippen LogP contribution in [0, 0.1) is 0 Å². The molecule has 0 amide bonds. The van der Waals surface area contributed by atoms with Crippen LogP contribution in [0.4, 0.5) is 0 Å². The minimum absolute atomic E-state index is 0.00724. The van der Waals surface area contributed by atoms with Crippen molar-refractivity contribution in [2.75, 3.05) is 33.9 Å². The number of piperidine rings is 1. The van der Waals surface area contributed by atoms with Gasteiger partial charge in [0.25, 0.3) is 0 Å². The first kappa shape index (κ1) is 16.3. The molecule has 1 unspecified atom stereocenters. The summed E-state index contributed by atoms with van der Waals surface area (Å²) in [5.74, 6) is 0.897. The molecule has 0 aliphatic carbocycles. The highest BCUT2D eigenvalue weighted by atomic mass is 16.5. The summed E-state index contributed by atoms with van der Waals surface area (Å²) in [6.45, 7) is 5.05. The van der Waals surface area contributed by atoms with Gasteiger partial charge in [0, 0.05) is 32.3 Å². The number of hydrogen-bond acceptors (Lipinski definition) is 4. The van der Waals surface area contributed by atoms with E-state index in [1.54, 1.807) is 14.2 Å². The van der Waals surface area contributed by atoms with Crippen molar-refractivity contribution in [2.45, 2.75) is 37.8 Å². The van der Waals surface area contributed by atoms with E-state index < -0.39 is 0 Å². The van der Waals surface area contributed by atoms with Crippen LogP contribution in [-0.4, -0.2) is 50.4 Å². The van der Waals surface area contributed by atoms with Gasteiger partial charge in [-0.1, -0.05) is 12.1 Å². The summed E-state index contributed by atoms with van der Waals surface area (Å²) in [5, 5.41) is 0. The first-order valence-electron chi connectivity index (χ1n) is 7.72. The van der Waals surface area contributed by atoms with Gasteiger partial charge in [-0.05, 0) is 43.9 Å². The predicted molar refractivity (Wildman–Crippen MR) is 85.8 cm³/mol. The molecule has 1 saturated heterocycles. The van der Waals surface area contributed by atoms with Gasteiger partial charge < -0.3 is 15.2 Å². The number of hydrogen-bond donors (Lipinski definition) is 1. The highest BCUT2D eigenvalue weighted by Crippen LogP contribution is 2.26. The fourth-order valence-corrected chi connectivity index (χ4v) is 3.13. The number of likely N-dealkylation sites (tertiary alicyclic amines) is 1. The second-order valence-electron chi connectivity index (χ2n) is 6.15. The first-order chi connectivity index (χ1) is 10.1. The average molecular weight is 292 g/mol. The monoisotopic (exact) mass is 292 g/mol. The topological polar surface area (TPSA) is 47.7 Å². The van der Waals surface area contributed by atoms with E-state index in [1.807, 2.05) is 12.1 Å². The summed E-state index contributed by atoms with van der Waals surface area (Å²) in [4.78, 5) is 2.52. The van der Waals surface area contributed by atoms with Gasteiger partial charge in [-0.2, -0.15) is 0 Å². The molecule has 1 atom stereocenters. The minimum atomic E-state index is 0.00724. The molecule has 2 N–H and O–H groups in total. The van der Waals surface area contributed by atoms with Gasteiger partial charge in [-0.3, -0.25) is 4.90 Å². The molecule has 2 rings (SSSR count). The van der Waals surface area contributed by atoms with Gasteiger partial charge >= 0.3 is 0 Å². The van der Waals surface area contributed by atoms with Crippen molar-refractivity contribution in [1.29, 1.82) is 0 Å². The van der Waals surface area contributed by atoms with Crippen LogP contribution in [0.3, 0.4) is 0 Å². The summed E-state index contributed by atoms with van der Waals surface area (Å²) < 4.78 is 10.7. The lowest BCUT2D eigenvalue weighted by molar-refractivity contribution is 0.00362. The summed E-state index contributed by atoms with van der Waals surface area (Å²) in [6.07, 6.45) is 3.55. The van der Waals surface area contributed by atoms with Crippen LogP contribution in [0.1, 0.15) is 25.3 Å². The molecular formula is C17H28N2O2. The Bertz CT molecular complexity index is 427. The van der Waals surface area contributed by atoms with E-state index in [9.17, 15) is 0 Å². The van der Waals surface area contributed by atoms with Crippen molar-refractivity contribution < 1.29 is 9.47 Å². The van der Waals surface area contributed by atoms with Crippen LogP contribution in [0.15, 0.2) is 24.3 Å². The van der Waals surface area contributed by atoms with Crippen molar-refractivity contribution >= 4 is 0 Å². The predicted octanol–water partition coefficient (Wildman–Crippen LogP) is 2.07. The lowest BCUT2D eigenvalue weighted by atomic mass is 9.88. The van der Waals surface area contributed by atoms with Gasteiger partial charge in [0.15, 0.2) is 0 Å². The number of nitrogens with zero attached hydrogens (tertiary/aromatic N) is 1. The molecule has 0 bridgehead atoms. The second kappa shape index (κ2) is 7.25. The van der Waals surface area contributed by atoms with Gasteiger partial charge in [0.2, 0.25) is 0 Å². The Labute approximate surface area is 128 Å². The Balaban J connectivity index is 2.02. The molecule has 1 aromatic carbocycles. The van der Waals surface area contributed by atoms with Gasteiger partial charge in [0.1, 0.15) is 5.75 Å². The highest BCUT2D eigenvalue weighted by Gasteiger charge is 2.33. The summed E-state index contributed by atoms with van der Waals surface area (Å²) >= 11 is 0. The van der Waals surface area contributed by atoms with Crippen molar-refractivity contribution in [3.63, 3.8) is 0 Å². The quantitative estimate of drug-likeness (QED) is 0.872. The number of rotatable bonds is 6. The third-order valence-corrected chi connectivity index (χ3v) is 4.72. The molecule has 118 valence electrons. The maximum Gasteiger partial charge on any atom is 0.118 e. The van der Waals surface area contributed by atoms with Gasteiger partial charge in [-0.15, -0.1) is 0 Å². The maximum absolute atomic E-state index is 6.11. The number of ether oxygens (including phenoxy) is 2. The molecule has 21 heavy (non-hydrogen) atoms. The molecule has 1 fully saturated rings. The summed E-state index contributed by atoms with van der Waals surface area (Å²) in [7, 11) is 3.50. The molecule has 1 heterocycles. The molecule has 0 aromatic heterocycles. The smallest absolute Gasteiger partial charge is 0.118 e. The molecule has 0 saturated carbocycles. The van der Waals surface area contributed by atoms with E-state index in [2.05, 4.69) is 24.0 Å². The summed E-state index contributed by atoms with van der Waals surface area (Å²) in [6, 6.07) is 8.30. The van der Waals surface area contributed by atoms with Crippen LogP contribution < -0.4 is 10.5 Å². The van der Waals surface area contributed by atoms with Crippen LogP contribution >= 0.6 is 0 Å². The fraction of sp³-hybridized carbons (Fsp3) is 0.647. The van der Waals surface area contributed by atoms with Gasteiger partial charge in [0.05, 0.1) is 13.2 Å². The van der Waals surface area contributed by atoms with E-state index in [0.29, 0.717) is 12.6 Å². The maximum atomic E-state index is 6.11. The second-order valence-corrected chi connectivity index (χ2v) is 6.15. The molecule has 4 nitrogen and oxygen atoms in total. The van der Waals surface area contributed by atoms with E-state index in [0.717, 1.165) is 38.1 Å². The largest absolute Gasteiger partial charge is 0.497 e. The molecule has 1 aliphatic rings. The van der Waals surface area contributed by atoms with E-state index in [4.69, 9.17) is 15.2 Å². The SMILES string of the molecule is COc1ccc(CC(C)(CN)N2CCC(OC)CC2)cc1. The minimum Gasteiger partial charge on any atom is -0.497 e. The summed E-state index contributed by atoms with van der Waals surface area (Å²) in [5.41, 5.74) is 7.42. The standard InChI is InChI=1S/C17H28N2O2/c1-17(13-18,19-10-8-16(21-3)9-11-19)12-14-4-6-15(20-2)7-5-14/h4-7,16H,8-13,18H2,1-3H3. The third kappa shape index (κ3) is 3.96. The number of benzene rings is 1. The molecule has 4 heteroatoms. The van der Waals surface area contributed by atoms with Crippen LogP contribution in [0.5, 0.6) is 5.75 Å². The lowest BCUT2D eigenvalue weighted by Gasteiger charge is -2.44. The van der Waals surface area contributed by atoms with E-state index in [-0.39, 0.29) is 5.54 Å². The molecular weight excluding hydrogens is 264 g/mol. The Kier molecular flexibility index (Phi) is 5.62. The molecule has 0 spiro atoms. The van der Waals surface area contributed by atoms with E-state index in [1.165, 1.54) is 5.56 Å². The van der Waals surface area contributed by atoms with Crippen molar-refractivity contribution in [3.05, 3.63) is 29.8 Å². The Hall–Kier alpha value is -1.10. The van der Waals surface area contributed by atoms with E-state index >= 15 is 0 Å². The third-order valence-electron chi connectivity index (χ3n) is 4.72. The van der Waals surface area contributed by atoms with Crippen molar-refractivity contribution in [3.8, 4) is 5.75 Å². The van der Waals surface area contributed by atoms with Crippen LogP contribution in [-0.2, 0) is 11.2 Å². The zero-order valence-corrected chi connectivity index (χ0v) is 13.5. The van der Waals surface area contributed by atoms with Gasteiger partial charge in [-0.25, -0.2) is 0 Å². The highest BCUT2D eigenvalue weighted by molar-refractivity contribution is 5.28. The molecule has 1 aliphatic heterocycles. The molecule has 1 aromatic rings. The van der Waals surface area contributed by atoms with Crippen molar-refractivity contribution in [2.24, 2.45) is 5.73 Å². The Morgan fingerprint density at radius 3 is 2.29 bits per heavy atom. The lowest BCUT2D eigenvalue weighted by Crippen LogP contribution is -2.56. The Morgan fingerprint density at radius 2 is 1.81 bits per heavy atom. The first-order valence-corrected chi connectivity index (χ1v) is 7.72. The Morgan fingerprint density at radius 1 is 1.19 bits per heavy atom. The van der Waals surface area contributed by atoms with Crippen molar-refractivity contribution in [1.82, 2.24) is 4.90 Å². The number of methoxy groups -OCH3 is 2. The zero-order chi connectivity index (χ0) is 15.3. The normalized spacial score (nSPS) is 20.2. The van der Waals surface area contributed by atoms with Crippen LogP contribution in [0.2, 0.25) is 0 Å². The average Bonchev–Trinajstić information content (AvgIpc) is 2.55. The van der Waals surface area contributed by atoms with Crippen LogP contribution in [0.25, 0.3) is 0 Å². The zero-order valence-electron chi connectivity index (χ0n) is 13.5. The molecule has 0 radical (unpaired) electrons. The number of nitrogens with two attached hydrogens (primary N) is 1. The fourth-order valence-electron chi connectivity index (χ4n) is 3.13.